The van der Waals surface area contributed by atoms with Gasteiger partial charge in [-0.25, -0.2) is 0 Å². The van der Waals surface area contributed by atoms with Crippen LogP contribution in [0.15, 0.2) is 47.0 Å². The van der Waals surface area contributed by atoms with Crippen LogP contribution >= 0.6 is 11.3 Å². The maximum absolute atomic E-state index is 12.4. The van der Waals surface area contributed by atoms with Gasteiger partial charge in [-0.05, 0) is 38.5 Å². The number of benzene rings is 1. The lowest BCUT2D eigenvalue weighted by molar-refractivity contribution is 0.0944. The van der Waals surface area contributed by atoms with Gasteiger partial charge in [-0.2, -0.15) is 0 Å². The van der Waals surface area contributed by atoms with Crippen molar-refractivity contribution in [1.82, 2.24) is 10.5 Å². The summed E-state index contributed by atoms with van der Waals surface area (Å²) < 4.78 is 5.20. The van der Waals surface area contributed by atoms with Gasteiger partial charge in [0.15, 0.2) is 0 Å². The second-order valence-corrected chi connectivity index (χ2v) is 6.55. The third-order valence-electron chi connectivity index (χ3n) is 3.76. The van der Waals surface area contributed by atoms with Gasteiger partial charge in [0, 0.05) is 4.88 Å². The van der Waals surface area contributed by atoms with Crippen LogP contribution in [-0.4, -0.2) is 11.1 Å². The molecule has 0 aliphatic rings. The molecule has 0 saturated heterocycles. The Bertz CT molecular complexity index is 801. The summed E-state index contributed by atoms with van der Waals surface area (Å²) in [6.07, 6.45) is 0. The molecule has 2 heterocycles. The average molecular weight is 326 g/mol. The second-order valence-electron chi connectivity index (χ2n) is 5.47. The minimum absolute atomic E-state index is 0.0340. The van der Waals surface area contributed by atoms with Gasteiger partial charge in [0.1, 0.15) is 5.76 Å². The SMILES string of the molecule is Cc1noc(C)c1-c1ccc(C(=O)NC(C)c2ccccc2)s1. The Hall–Kier alpha value is -2.40. The molecule has 0 spiro atoms. The van der Waals surface area contributed by atoms with Crippen LogP contribution < -0.4 is 5.32 Å². The van der Waals surface area contributed by atoms with Crippen LogP contribution in [-0.2, 0) is 0 Å². The van der Waals surface area contributed by atoms with E-state index in [4.69, 9.17) is 4.52 Å². The molecule has 4 nitrogen and oxygen atoms in total. The number of carbonyl (C=O) groups is 1. The first-order valence-corrected chi connectivity index (χ1v) is 8.27. The fraction of sp³-hybridized carbons (Fsp3) is 0.222. The minimum atomic E-state index is -0.0654. The third kappa shape index (κ3) is 3.19. The van der Waals surface area contributed by atoms with Crippen molar-refractivity contribution in [3.63, 3.8) is 0 Å². The van der Waals surface area contributed by atoms with E-state index >= 15 is 0 Å². The molecule has 5 heteroatoms. The van der Waals surface area contributed by atoms with Crippen molar-refractivity contribution in [3.05, 3.63) is 64.4 Å². The number of aryl methyl sites for hydroxylation is 2. The molecule has 23 heavy (non-hydrogen) atoms. The first kappa shape index (κ1) is 15.5. The van der Waals surface area contributed by atoms with E-state index in [2.05, 4.69) is 10.5 Å². The standard InChI is InChI=1S/C18H18N2O2S/c1-11(14-7-5-4-6-8-14)19-18(21)16-10-9-15(23-16)17-12(2)20-22-13(17)3/h4-11H,1-3H3,(H,19,21). The average Bonchev–Trinajstić information content (AvgIpc) is 3.15. The first-order valence-electron chi connectivity index (χ1n) is 7.45. The molecule has 1 N–H and O–H groups in total. The maximum Gasteiger partial charge on any atom is 0.261 e. The Morgan fingerprint density at radius 2 is 1.91 bits per heavy atom. The highest BCUT2D eigenvalue weighted by molar-refractivity contribution is 7.17. The Morgan fingerprint density at radius 1 is 1.17 bits per heavy atom. The highest BCUT2D eigenvalue weighted by Crippen LogP contribution is 2.33. The molecule has 1 aromatic carbocycles. The van der Waals surface area contributed by atoms with Gasteiger partial charge in [-0.1, -0.05) is 35.5 Å². The van der Waals surface area contributed by atoms with Gasteiger partial charge in [0.2, 0.25) is 0 Å². The molecule has 0 bridgehead atoms. The number of carbonyl (C=O) groups excluding carboxylic acids is 1. The van der Waals surface area contributed by atoms with Gasteiger partial charge >= 0.3 is 0 Å². The number of nitrogens with zero attached hydrogens (tertiary/aromatic N) is 1. The molecule has 0 saturated carbocycles. The van der Waals surface area contributed by atoms with Crippen LogP contribution in [0.25, 0.3) is 10.4 Å². The molecular formula is C18H18N2O2S. The van der Waals surface area contributed by atoms with Crippen LogP contribution in [0.3, 0.4) is 0 Å². The zero-order chi connectivity index (χ0) is 16.4. The summed E-state index contributed by atoms with van der Waals surface area (Å²) in [6, 6.07) is 13.7. The van der Waals surface area contributed by atoms with Crippen molar-refractivity contribution in [2.75, 3.05) is 0 Å². The van der Waals surface area contributed by atoms with Gasteiger partial charge in [0.25, 0.3) is 5.91 Å². The fourth-order valence-electron chi connectivity index (χ4n) is 2.52. The van der Waals surface area contributed by atoms with Gasteiger partial charge in [0.05, 0.1) is 22.2 Å². The quantitative estimate of drug-likeness (QED) is 0.767. The zero-order valence-corrected chi connectivity index (χ0v) is 14.1. The molecular weight excluding hydrogens is 308 g/mol. The molecule has 3 rings (SSSR count). The van der Waals surface area contributed by atoms with E-state index in [9.17, 15) is 4.79 Å². The fourth-order valence-corrected chi connectivity index (χ4v) is 3.58. The largest absolute Gasteiger partial charge is 0.361 e. The number of hydrogen-bond acceptors (Lipinski definition) is 4. The third-order valence-corrected chi connectivity index (χ3v) is 4.86. The number of rotatable bonds is 4. The second kappa shape index (κ2) is 6.38. The molecule has 2 aromatic heterocycles. The number of nitrogens with one attached hydrogen (secondary N) is 1. The molecule has 1 unspecified atom stereocenters. The van der Waals surface area contributed by atoms with Crippen molar-refractivity contribution in [2.45, 2.75) is 26.8 Å². The topological polar surface area (TPSA) is 55.1 Å². The summed E-state index contributed by atoms with van der Waals surface area (Å²) in [6.45, 7) is 5.77. The first-order chi connectivity index (χ1) is 11.1. The number of amides is 1. The van der Waals surface area contributed by atoms with E-state index in [0.717, 1.165) is 27.5 Å². The number of aromatic nitrogens is 1. The Morgan fingerprint density at radius 3 is 2.57 bits per heavy atom. The van der Waals surface area contributed by atoms with Crippen LogP contribution in [0.1, 0.15) is 39.7 Å². The molecule has 118 valence electrons. The lowest BCUT2D eigenvalue weighted by Gasteiger charge is -2.13. The van der Waals surface area contributed by atoms with Crippen molar-refractivity contribution in [2.24, 2.45) is 0 Å². The van der Waals surface area contributed by atoms with Crippen molar-refractivity contribution >= 4 is 17.2 Å². The van der Waals surface area contributed by atoms with Crippen LogP contribution in [0, 0.1) is 13.8 Å². The minimum Gasteiger partial charge on any atom is -0.361 e. The number of hydrogen-bond donors (Lipinski definition) is 1. The van der Waals surface area contributed by atoms with E-state index in [1.54, 1.807) is 0 Å². The summed E-state index contributed by atoms with van der Waals surface area (Å²) in [5.41, 5.74) is 2.91. The Labute approximate surface area is 139 Å². The Balaban J connectivity index is 1.77. The summed E-state index contributed by atoms with van der Waals surface area (Å²) >= 11 is 1.45. The van der Waals surface area contributed by atoms with Crippen molar-refractivity contribution in [1.29, 1.82) is 0 Å². The smallest absolute Gasteiger partial charge is 0.261 e. The van der Waals surface area contributed by atoms with E-state index in [1.165, 1.54) is 11.3 Å². The van der Waals surface area contributed by atoms with Gasteiger partial charge in [-0.3, -0.25) is 4.79 Å². The molecule has 0 aliphatic heterocycles. The van der Waals surface area contributed by atoms with E-state index in [1.807, 2.05) is 63.2 Å². The normalized spacial score (nSPS) is 12.1. The molecule has 3 aromatic rings. The summed E-state index contributed by atoms with van der Waals surface area (Å²) in [7, 11) is 0. The van der Waals surface area contributed by atoms with E-state index < -0.39 is 0 Å². The van der Waals surface area contributed by atoms with Crippen LogP contribution in [0.5, 0.6) is 0 Å². The monoisotopic (exact) mass is 326 g/mol. The zero-order valence-electron chi connectivity index (χ0n) is 13.3. The molecule has 0 fully saturated rings. The van der Waals surface area contributed by atoms with E-state index in [0.29, 0.717) is 4.88 Å². The highest BCUT2D eigenvalue weighted by Gasteiger charge is 2.17. The van der Waals surface area contributed by atoms with Crippen molar-refractivity contribution in [3.8, 4) is 10.4 Å². The predicted octanol–water partition coefficient (Wildman–Crippen LogP) is 4.51. The Kier molecular flexibility index (Phi) is 4.30. The predicted molar refractivity (Wildman–Crippen MR) is 91.6 cm³/mol. The summed E-state index contributed by atoms with van der Waals surface area (Å²) in [5.74, 6) is 0.707. The lowest BCUT2D eigenvalue weighted by Crippen LogP contribution is -2.25. The highest BCUT2D eigenvalue weighted by atomic mass is 32.1. The van der Waals surface area contributed by atoms with Gasteiger partial charge in [-0.15, -0.1) is 11.3 Å². The molecule has 0 radical (unpaired) electrons. The molecule has 0 aliphatic carbocycles. The van der Waals surface area contributed by atoms with Crippen LogP contribution in [0.2, 0.25) is 0 Å². The van der Waals surface area contributed by atoms with Crippen LogP contribution in [0.4, 0.5) is 0 Å². The summed E-state index contributed by atoms with van der Waals surface area (Å²) in [5, 5.41) is 7.00. The number of thiophene rings is 1. The summed E-state index contributed by atoms with van der Waals surface area (Å²) in [4.78, 5) is 14.1. The van der Waals surface area contributed by atoms with Crippen molar-refractivity contribution < 1.29 is 9.32 Å². The lowest BCUT2D eigenvalue weighted by atomic mass is 10.1. The maximum atomic E-state index is 12.4. The van der Waals surface area contributed by atoms with E-state index in [-0.39, 0.29) is 11.9 Å². The molecule has 1 amide bonds. The molecule has 1 atom stereocenters. The van der Waals surface area contributed by atoms with Gasteiger partial charge < -0.3 is 9.84 Å².